The van der Waals surface area contributed by atoms with Crippen molar-refractivity contribution in [2.45, 2.75) is 38.1 Å². The maximum atomic E-state index is 13.2. The maximum absolute atomic E-state index is 13.2. The van der Waals surface area contributed by atoms with E-state index in [9.17, 15) is 22.8 Å². The summed E-state index contributed by atoms with van der Waals surface area (Å²) in [5.74, 6) is -1.42. The van der Waals surface area contributed by atoms with Crippen molar-refractivity contribution in [3.8, 4) is 11.6 Å². The van der Waals surface area contributed by atoms with Crippen LogP contribution in [0.3, 0.4) is 0 Å². The van der Waals surface area contributed by atoms with Crippen molar-refractivity contribution in [1.82, 2.24) is 14.8 Å². The Kier molecular flexibility index (Phi) is 8.51. The van der Waals surface area contributed by atoms with Gasteiger partial charge in [0.2, 0.25) is 5.88 Å². The summed E-state index contributed by atoms with van der Waals surface area (Å²) < 4.78 is 50.5. The molecule has 5 rings (SSSR count). The molecular formula is C30H29ClF3N3O4. The number of alkyl halides is 3. The Morgan fingerprint density at radius 3 is 2.39 bits per heavy atom. The van der Waals surface area contributed by atoms with Crippen molar-refractivity contribution in [3.63, 3.8) is 0 Å². The number of halogens is 4. The van der Waals surface area contributed by atoms with Gasteiger partial charge in [0.15, 0.2) is 0 Å². The SMILES string of the molecule is O=C(c1ccc(Cl)cc1)N1CCC2(CCN(Cc3cccc(Oc4ccccn4)c3)CC2)C(OC(=O)C(F)(F)F)C1. The molecule has 2 aromatic carbocycles. The van der Waals surface area contributed by atoms with Crippen molar-refractivity contribution < 1.29 is 32.2 Å². The van der Waals surface area contributed by atoms with Crippen LogP contribution in [-0.2, 0) is 16.1 Å². The van der Waals surface area contributed by atoms with Gasteiger partial charge in [-0.1, -0.05) is 29.8 Å². The van der Waals surface area contributed by atoms with Gasteiger partial charge >= 0.3 is 12.1 Å². The smallest absolute Gasteiger partial charge is 0.453 e. The first kappa shape index (κ1) is 28.9. The molecule has 2 aliphatic rings. The Labute approximate surface area is 240 Å². The second kappa shape index (κ2) is 12.1. The van der Waals surface area contributed by atoms with Crippen LogP contribution >= 0.6 is 11.6 Å². The normalized spacial score (nSPS) is 19.1. The molecule has 1 atom stereocenters. The number of pyridine rings is 1. The minimum Gasteiger partial charge on any atom is -0.453 e. The highest BCUT2D eigenvalue weighted by atomic mass is 35.5. The van der Waals surface area contributed by atoms with Crippen molar-refractivity contribution in [2.24, 2.45) is 5.41 Å². The highest BCUT2D eigenvalue weighted by molar-refractivity contribution is 6.30. The van der Waals surface area contributed by atoms with E-state index in [0.717, 1.165) is 5.56 Å². The first-order chi connectivity index (χ1) is 19.6. The summed E-state index contributed by atoms with van der Waals surface area (Å²) in [6, 6.07) is 19.4. The number of hydrogen-bond acceptors (Lipinski definition) is 6. The van der Waals surface area contributed by atoms with Crippen LogP contribution < -0.4 is 4.74 Å². The fourth-order valence-electron chi connectivity index (χ4n) is 5.54. The van der Waals surface area contributed by atoms with Crippen LogP contribution in [0.2, 0.25) is 5.02 Å². The number of piperidine rings is 2. The van der Waals surface area contributed by atoms with E-state index >= 15 is 0 Å². The van der Waals surface area contributed by atoms with Crippen LogP contribution in [-0.4, -0.2) is 65.1 Å². The first-order valence-corrected chi connectivity index (χ1v) is 13.7. The molecule has 2 aliphatic heterocycles. The number of carbonyl (C=O) groups excluding carboxylic acids is 2. The molecule has 1 aromatic heterocycles. The molecule has 3 heterocycles. The molecule has 3 aromatic rings. The van der Waals surface area contributed by atoms with Crippen LogP contribution in [0.1, 0.15) is 35.2 Å². The molecule has 11 heteroatoms. The topological polar surface area (TPSA) is 72.0 Å². The lowest BCUT2D eigenvalue weighted by atomic mass is 9.69. The minimum absolute atomic E-state index is 0.101. The van der Waals surface area contributed by atoms with Crippen molar-refractivity contribution in [2.75, 3.05) is 26.2 Å². The average molecular weight is 588 g/mol. The van der Waals surface area contributed by atoms with Crippen molar-refractivity contribution in [3.05, 3.63) is 89.1 Å². The molecule has 2 saturated heterocycles. The summed E-state index contributed by atoms with van der Waals surface area (Å²) in [5.41, 5.74) is 0.742. The van der Waals surface area contributed by atoms with E-state index in [1.54, 1.807) is 36.5 Å². The molecule has 1 unspecified atom stereocenters. The van der Waals surface area contributed by atoms with Gasteiger partial charge in [0.1, 0.15) is 11.9 Å². The fourth-order valence-corrected chi connectivity index (χ4v) is 5.67. The molecule has 7 nitrogen and oxygen atoms in total. The van der Waals surface area contributed by atoms with Gasteiger partial charge in [-0.2, -0.15) is 13.2 Å². The predicted molar refractivity (Wildman–Crippen MR) is 146 cm³/mol. The predicted octanol–water partition coefficient (Wildman–Crippen LogP) is 6.13. The van der Waals surface area contributed by atoms with Gasteiger partial charge < -0.3 is 14.4 Å². The Hall–Kier alpha value is -3.63. The zero-order chi connectivity index (χ0) is 29.0. The Morgan fingerprint density at radius 2 is 1.71 bits per heavy atom. The lowest BCUT2D eigenvalue weighted by molar-refractivity contribution is -0.216. The second-order valence-electron chi connectivity index (χ2n) is 10.5. The van der Waals surface area contributed by atoms with E-state index in [2.05, 4.69) is 9.88 Å². The summed E-state index contributed by atoms with van der Waals surface area (Å²) in [6.07, 6.45) is -3.03. The Bertz CT molecular complexity index is 1360. The Morgan fingerprint density at radius 1 is 0.976 bits per heavy atom. The highest BCUT2D eigenvalue weighted by Gasteiger charge is 2.51. The van der Waals surface area contributed by atoms with Gasteiger partial charge in [-0.15, -0.1) is 0 Å². The number of esters is 1. The maximum Gasteiger partial charge on any atom is 0.490 e. The van der Waals surface area contributed by atoms with Crippen LogP contribution in [0.15, 0.2) is 72.9 Å². The van der Waals surface area contributed by atoms with E-state index < -0.39 is 23.7 Å². The summed E-state index contributed by atoms with van der Waals surface area (Å²) >= 11 is 5.92. The molecule has 1 spiro atoms. The van der Waals surface area contributed by atoms with E-state index in [1.165, 1.54) is 4.90 Å². The monoisotopic (exact) mass is 587 g/mol. The van der Waals surface area contributed by atoms with Crippen LogP contribution in [0, 0.1) is 5.41 Å². The number of ether oxygens (including phenoxy) is 2. The number of rotatable bonds is 6. The number of hydrogen-bond donors (Lipinski definition) is 0. The van der Waals surface area contributed by atoms with Crippen LogP contribution in [0.25, 0.3) is 0 Å². The summed E-state index contributed by atoms with van der Waals surface area (Å²) in [5, 5.41) is 0.468. The molecule has 41 heavy (non-hydrogen) atoms. The van der Waals surface area contributed by atoms with E-state index in [4.69, 9.17) is 21.1 Å². The number of likely N-dealkylation sites (tertiary alicyclic amines) is 2. The summed E-state index contributed by atoms with van der Waals surface area (Å²) in [6.45, 7) is 2.10. The molecule has 0 saturated carbocycles. The number of aromatic nitrogens is 1. The lowest BCUT2D eigenvalue weighted by Gasteiger charge is -2.51. The van der Waals surface area contributed by atoms with E-state index in [0.29, 0.717) is 67.7 Å². The lowest BCUT2D eigenvalue weighted by Crippen LogP contribution is -2.58. The standard InChI is InChI=1S/C30H29ClF3N3O4/c31-23-9-7-22(8-10-23)27(38)37-17-13-29(25(20-37)41-28(39)30(32,33)34)11-15-36(16-12-29)19-21-4-3-5-24(18-21)40-26-6-1-2-14-35-26/h1-10,14,18,25H,11-13,15-17,19-20H2. The Balaban J connectivity index is 1.25. The van der Waals surface area contributed by atoms with Crippen LogP contribution in [0.4, 0.5) is 13.2 Å². The summed E-state index contributed by atoms with van der Waals surface area (Å²) in [4.78, 5) is 32.9. The molecule has 0 radical (unpaired) electrons. The molecule has 0 aliphatic carbocycles. The van der Waals surface area contributed by atoms with Gasteiger partial charge in [0.05, 0.1) is 6.54 Å². The molecule has 0 N–H and O–H groups in total. The molecule has 2 fully saturated rings. The van der Waals surface area contributed by atoms with Crippen LogP contribution in [0.5, 0.6) is 11.6 Å². The third-order valence-electron chi connectivity index (χ3n) is 7.82. The van der Waals surface area contributed by atoms with Gasteiger partial charge in [-0.05, 0) is 80.4 Å². The number of nitrogens with zero attached hydrogens (tertiary/aromatic N) is 3. The van der Waals surface area contributed by atoms with Gasteiger partial charge in [-0.25, -0.2) is 9.78 Å². The molecule has 216 valence electrons. The zero-order valence-corrected chi connectivity index (χ0v) is 22.9. The number of benzene rings is 2. The first-order valence-electron chi connectivity index (χ1n) is 13.3. The molecule has 1 amide bonds. The highest BCUT2D eigenvalue weighted by Crippen LogP contribution is 2.44. The van der Waals surface area contributed by atoms with Gasteiger partial charge in [-0.3, -0.25) is 9.69 Å². The number of carbonyl (C=O) groups is 2. The van der Waals surface area contributed by atoms with E-state index in [1.807, 2.05) is 36.4 Å². The third-order valence-corrected chi connectivity index (χ3v) is 8.08. The van der Waals surface area contributed by atoms with E-state index in [-0.39, 0.29) is 12.5 Å². The third kappa shape index (κ3) is 7.00. The molecule has 0 bridgehead atoms. The minimum atomic E-state index is -5.12. The van der Waals surface area contributed by atoms with Crippen molar-refractivity contribution in [1.29, 1.82) is 0 Å². The van der Waals surface area contributed by atoms with Gasteiger partial charge in [0.25, 0.3) is 5.91 Å². The second-order valence-corrected chi connectivity index (χ2v) is 10.9. The fraction of sp³-hybridized carbons (Fsp3) is 0.367. The largest absolute Gasteiger partial charge is 0.490 e. The molecular weight excluding hydrogens is 559 g/mol. The average Bonchev–Trinajstić information content (AvgIpc) is 2.96. The summed E-state index contributed by atoms with van der Waals surface area (Å²) in [7, 11) is 0. The van der Waals surface area contributed by atoms with Gasteiger partial charge in [0, 0.05) is 41.4 Å². The quantitative estimate of drug-likeness (QED) is 0.323. The van der Waals surface area contributed by atoms with Crippen molar-refractivity contribution >= 4 is 23.5 Å². The zero-order valence-electron chi connectivity index (χ0n) is 22.1. The number of amides is 1.